The molecular formula is C21H28N6O. The minimum absolute atomic E-state index is 0.123. The van der Waals surface area contributed by atoms with Crippen molar-refractivity contribution >= 4 is 11.7 Å². The Morgan fingerprint density at radius 1 is 1.21 bits per heavy atom. The maximum atomic E-state index is 12.4. The molecule has 1 aliphatic carbocycles. The molecule has 2 unspecified atom stereocenters. The molecule has 28 heavy (non-hydrogen) atoms. The third-order valence-corrected chi connectivity index (χ3v) is 6.15. The second-order valence-corrected chi connectivity index (χ2v) is 8.38. The van der Waals surface area contributed by atoms with E-state index in [0.717, 1.165) is 62.1 Å². The quantitative estimate of drug-likeness (QED) is 0.738. The summed E-state index contributed by atoms with van der Waals surface area (Å²) in [5, 5.41) is 6.49. The predicted octanol–water partition coefficient (Wildman–Crippen LogP) is 1.96. The van der Waals surface area contributed by atoms with Gasteiger partial charge in [-0.1, -0.05) is 6.07 Å². The number of aryl methyl sites for hydroxylation is 1. The molecule has 5 rings (SSSR count). The summed E-state index contributed by atoms with van der Waals surface area (Å²) in [6.45, 7) is 5.57. The van der Waals surface area contributed by atoms with E-state index in [2.05, 4.69) is 27.4 Å². The molecule has 7 nitrogen and oxygen atoms in total. The van der Waals surface area contributed by atoms with Crippen molar-refractivity contribution in [3.63, 3.8) is 0 Å². The lowest BCUT2D eigenvalue weighted by Crippen LogP contribution is -2.41. The highest BCUT2D eigenvalue weighted by atomic mass is 16.2. The van der Waals surface area contributed by atoms with Gasteiger partial charge in [-0.25, -0.2) is 9.97 Å². The number of H-pyrrole nitrogens is 1. The van der Waals surface area contributed by atoms with Crippen LogP contribution < -0.4 is 15.5 Å². The van der Waals surface area contributed by atoms with Crippen molar-refractivity contribution in [3.8, 4) is 11.5 Å². The predicted molar refractivity (Wildman–Crippen MR) is 108 cm³/mol. The Bertz CT molecular complexity index is 868. The molecule has 3 aliphatic rings. The lowest BCUT2D eigenvalue weighted by atomic mass is 10.1. The van der Waals surface area contributed by atoms with Crippen molar-refractivity contribution < 1.29 is 4.79 Å². The summed E-state index contributed by atoms with van der Waals surface area (Å²) in [5.41, 5.74) is 3.25. The van der Waals surface area contributed by atoms with E-state index >= 15 is 0 Å². The van der Waals surface area contributed by atoms with Crippen LogP contribution in [0.3, 0.4) is 0 Å². The Kier molecular flexibility index (Phi) is 4.55. The molecule has 1 saturated carbocycles. The zero-order valence-corrected chi connectivity index (χ0v) is 16.4. The van der Waals surface area contributed by atoms with E-state index in [-0.39, 0.29) is 17.9 Å². The first-order chi connectivity index (χ1) is 13.7. The van der Waals surface area contributed by atoms with E-state index in [0.29, 0.717) is 5.92 Å². The molecule has 7 heteroatoms. The highest BCUT2D eigenvalue weighted by Gasteiger charge is 2.30. The van der Waals surface area contributed by atoms with Crippen LogP contribution in [0.15, 0.2) is 18.2 Å². The Labute approximate surface area is 165 Å². The zero-order chi connectivity index (χ0) is 19.1. The number of hydrogen-bond acceptors (Lipinski definition) is 5. The molecule has 0 radical (unpaired) electrons. The van der Waals surface area contributed by atoms with Crippen LogP contribution in [0.2, 0.25) is 0 Å². The monoisotopic (exact) mass is 380 g/mol. The van der Waals surface area contributed by atoms with Crippen molar-refractivity contribution in [1.82, 2.24) is 25.6 Å². The maximum absolute atomic E-state index is 12.4. The van der Waals surface area contributed by atoms with Crippen LogP contribution >= 0.6 is 0 Å². The van der Waals surface area contributed by atoms with Gasteiger partial charge in [0, 0.05) is 37.3 Å². The van der Waals surface area contributed by atoms with Crippen LogP contribution in [0.4, 0.5) is 5.82 Å². The number of carbonyl (C=O) groups is 1. The van der Waals surface area contributed by atoms with Crippen molar-refractivity contribution in [2.45, 2.75) is 44.6 Å². The second kappa shape index (κ2) is 7.20. The first kappa shape index (κ1) is 17.7. The Morgan fingerprint density at radius 3 is 2.89 bits per heavy atom. The number of hydrogen-bond donors (Lipinski definition) is 3. The normalized spacial score (nSPS) is 24.7. The highest BCUT2D eigenvalue weighted by Crippen LogP contribution is 2.41. The average molecular weight is 380 g/mol. The number of imidazole rings is 1. The summed E-state index contributed by atoms with van der Waals surface area (Å²) in [6, 6.07) is 6.31. The number of pyridine rings is 1. The number of amides is 1. The van der Waals surface area contributed by atoms with Crippen LogP contribution in [0.25, 0.3) is 11.5 Å². The van der Waals surface area contributed by atoms with E-state index in [4.69, 9.17) is 9.97 Å². The van der Waals surface area contributed by atoms with Crippen molar-refractivity contribution in [1.29, 1.82) is 0 Å². The maximum Gasteiger partial charge on any atom is 0.224 e. The molecule has 0 spiro atoms. The summed E-state index contributed by atoms with van der Waals surface area (Å²) in [4.78, 5) is 27.7. The molecule has 148 valence electrons. The Balaban J connectivity index is 1.26. The van der Waals surface area contributed by atoms with E-state index < -0.39 is 0 Å². The Hall–Kier alpha value is -2.41. The summed E-state index contributed by atoms with van der Waals surface area (Å²) < 4.78 is 0. The lowest BCUT2D eigenvalue weighted by molar-refractivity contribution is -0.125. The lowest BCUT2D eigenvalue weighted by Gasteiger charge is -2.19. The fourth-order valence-electron chi connectivity index (χ4n) is 4.36. The van der Waals surface area contributed by atoms with E-state index in [1.807, 2.05) is 18.2 Å². The van der Waals surface area contributed by atoms with Gasteiger partial charge in [-0.2, -0.15) is 0 Å². The minimum atomic E-state index is 0.123. The van der Waals surface area contributed by atoms with Crippen molar-refractivity contribution in [2.75, 3.05) is 31.1 Å². The summed E-state index contributed by atoms with van der Waals surface area (Å²) >= 11 is 0. The van der Waals surface area contributed by atoms with Crippen LogP contribution in [0.5, 0.6) is 0 Å². The standard InChI is InChI=1S/C21H28N6O/c1-13-19(14-5-6-14)26-20(23-13)17-3-2-4-18(25-17)27-10-8-16(12-27)24-21(28)15-7-9-22-11-15/h2-4,14-16,22H,5-12H2,1H3,(H,23,26)(H,24,28). The molecule has 4 heterocycles. The van der Waals surface area contributed by atoms with Gasteiger partial charge in [-0.3, -0.25) is 4.79 Å². The molecule has 2 aromatic rings. The number of nitrogens with zero attached hydrogens (tertiary/aromatic N) is 3. The van der Waals surface area contributed by atoms with E-state index in [9.17, 15) is 4.79 Å². The van der Waals surface area contributed by atoms with Crippen LogP contribution in [0.1, 0.15) is 43.0 Å². The van der Waals surface area contributed by atoms with Gasteiger partial charge in [0.2, 0.25) is 5.91 Å². The van der Waals surface area contributed by atoms with Gasteiger partial charge < -0.3 is 20.5 Å². The van der Waals surface area contributed by atoms with Crippen LogP contribution in [-0.4, -0.2) is 53.1 Å². The van der Waals surface area contributed by atoms with Gasteiger partial charge in [0.1, 0.15) is 11.5 Å². The van der Waals surface area contributed by atoms with Gasteiger partial charge in [-0.15, -0.1) is 0 Å². The molecule has 2 saturated heterocycles. The van der Waals surface area contributed by atoms with Gasteiger partial charge in [0.25, 0.3) is 0 Å². The smallest absolute Gasteiger partial charge is 0.224 e. The average Bonchev–Trinajstić information content (AvgIpc) is 3.12. The molecule has 2 aliphatic heterocycles. The van der Waals surface area contributed by atoms with Crippen LogP contribution in [0, 0.1) is 12.8 Å². The second-order valence-electron chi connectivity index (χ2n) is 8.38. The van der Waals surface area contributed by atoms with Crippen molar-refractivity contribution in [2.24, 2.45) is 5.92 Å². The van der Waals surface area contributed by atoms with E-state index in [1.165, 1.54) is 18.5 Å². The number of rotatable bonds is 5. The molecule has 3 N–H and O–H groups in total. The fraction of sp³-hybridized carbons (Fsp3) is 0.571. The summed E-state index contributed by atoms with van der Waals surface area (Å²) in [7, 11) is 0. The van der Waals surface area contributed by atoms with Gasteiger partial charge >= 0.3 is 0 Å². The SMILES string of the molecule is Cc1[nH]c(-c2cccc(N3CCC(NC(=O)C4CCNC4)C3)n2)nc1C1CC1. The minimum Gasteiger partial charge on any atom is -0.354 e. The molecule has 0 aromatic carbocycles. The number of carbonyl (C=O) groups excluding carboxylic acids is 1. The van der Waals surface area contributed by atoms with Gasteiger partial charge in [-0.05, 0) is 51.3 Å². The molecule has 0 bridgehead atoms. The first-order valence-corrected chi connectivity index (χ1v) is 10.5. The van der Waals surface area contributed by atoms with Gasteiger partial charge in [0.05, 0.1) is 11.6 Å². The van der Waals surface area contributed by atoms with Crippen LogP contribution in [-0.2, 0) is 4.79 Å². The number of nitrogens with one attached hydrogen (secondary N) is 3. The van der Waals surface area contributed by atoms with E-state index in [1.54, 1.807) is 0 Å². The zero-order valence-electron chi connectivity index (χ0n) is 16.4. The number of anilines is 1. The summed E-state index contributed by atoms with van der Waals surface area (Å²) in [6.07, 6.45) is 4.40. The third-order valence-electron chi connectivity index (χ3n) is 6.15. The molecule has 2 aromatic heterocycles. The van der Waals surface area contributed by atoms with Gasteiger partial charge in [0.15, 0.2) is 5.82 Å². The number of aromatic nitrogens is 3. The highest BCUT2D eigenvalue weighted by molar-refractivity contribution is 5.79. The van der Waals surface area contributed by atoms with Crippen molar-refractivity contribution in [3.05, 3.63) is 29.6 Å². The molecular weight excluding hydrogens is 352 g/mol. The third kappa shape index (κ3) is 3.51. The fourth-order valence-corrected chi connectivity index (χ4v) is 4.36. The molecule has 2 atom stereocenters. The topological polar surface area (TPSA) is 85.9 Å². The Morgan fingerprint density at radius 2 is 2.11 bits per heavy atom. The number of aromatic amines is 1. The molecule has 3 fully saturated rings. The molecule has 1 amide bonds. The first-order valence-electron chi connectivity index (χ1n) is 10.5. The summed E-state index contributed by atoms with van der Waals surface area (Å²) in [5.74, 6) is 2.76. The largest absolute Gasteiger partial charge is 0.354 e.